The van der Waals surface area contributed by atoms with Crippen molar-refractivity contribution in [2.75, 3.05) is 19.6 Å². The van der Waals surface area contributed by atoms with Crippen molar-refractivity contribution in [1.82, 2.24) is 20.4 Å². The number of benzene rings is 1. The molecular formula is C22H28FN5O2. The highest BCUT2D eigenvalue weighted by molar-refractivity contribution is 5.79. The van der Waals surface area contributed by atoms with Crippen LogP contribution in [0.3, 0.4) is 0 Å². The number of nitrogens with zero attached hydrogens (tertiary/aromatic N) is 3. The van der Waals surface area contributed by atoms with Gasteiger partial charge >= 0.3 is 0 Å². The van der Waals surface area contributed by atoms with Crippen LogP contribution in [-0.2, 0) is 12.0 Å². The van der Waals surface area contributed by atoms with Gasteiger partial charge in [0.05, 0.1) is 17.9 Å². The molecule has 0 saturated heterocycles. The van der Waals surface area contributed by atoms with Crippen molar-refractivity contribution < 1.29 is 13.9 Å². The Hall–Kier alpha value is -3.13. The van der Waals surface area contributed by atoms with E-state index in [0.29, 0.717) is 31.2 Å². The second kappa shape index (κ2) is 9.58. The fourth-order valence-corrected chi connectivity index (χ4v) is 2.92. The standard InChI is InChI=1S/C22H28FN5O2/c1-4-24-21(26-15-22(3,29)20-10-5-16(2)30-20)25-13-11-18-12-14-28(27-18)19-8-6-17(23)7-9-19/h5-10,12,14,29H,4,11,13,15H2,1-3H3,(H2,24,25,26). The van der Waals surface area contributed by atoms with Gasteiger partial charge in [0.25, 0.3) is 0 Å². The molecule has 30 heavy (non-hydrogen) atoms. The lowest BCUT2D eigenvalue weighted by Gasteiger charge is -2.19. The highest BCUT2D eigenvalue weighted by Gasteiger charge is 2.26. The number of furan rings is 1. The fraction of sp³-hybridized carbons (Fsp3) is 0.364. The Morgan fingerprint density at radius 1 is 1.20 bits per heavy atom. The number of aliphatic imine (C=N–C) groups is 1. The molecule has 1 unspecified atom stereocenters. The van der Waals surface area contributed by atoms with Crippen molar-refractivity contribution in [3.63, 3.8) is 0 Å². The number of guanidine groups is 1. The molecule has 2 aromatic heterocycles. The molecule has 3 aromatic rings. The smallest absolute Gasteiger partial charge is 0.191 e. The summed E-state index contributed by atoms with van der Waals surface area (Å²) in [6.07, 6.45) is 2.54. The second-order valence-corrected chi connectivity index (χ2v) is 7.28. The molecular weight excluding hydrogens is 385 g/mol. The number of hydrogen-bond donors (Lipinski definition) is 3. The molecule has 0 aliphatic rings. The van der Waals surface area contributed by atoms with Crippen LogP contribution in [-0.4, -0.2) is 40.5 Å². The van der Waals surface area contributed by atoms with Gasteiger partial charge in [0, 0.05) is 25.7 Å². The number of hydrogen-bond acceptors (Lipinski definition) is 4. The van der Waals surface area contributed by atoms with Crippen molar-refractivity contribution in [2.45, 2.75) is 32.8 Å². The maximum absolute atomic E-state index is 13.1. The van der Waals surface area contributed by atoms with Crippen LogP contribution in [0.15, 0.2) is 58.1 Å². The number of aryl methyl sites for hydroxylation is 1. The summed E-state index contributed by atoms with van der Waals surface area (Å²) in [7, 11) is 0. The third-order valence-electron chi connectivity index (χ3n) is 4.57. The molecule has 7 nitrogen and oxygen atoms in total. The van der Waals surface area contributed by atoms with Gasteiger partial charge in [-0.15, -0.1) is 0 Å². The van der Waals surface area contributed by atoms with Crippen molar-refractivity contribution in [3.8, 4) is 5.69 Å². The minimum Gasteiger partial charge on any atom is -0.463 e. The molecule has 0 aliphatic carbocycles. The van der Waals surface area contributed by atoms with Gasteiger partial charge in [0.15, 0.2) is 5.96 Å². The van der Waals surface area contributed by atoms with E-state index in [-0.39, 0.29) is 12.4 Å². The zero-order valence-electron chi connectivity index (χ0n) is 17.5. The maximum Gasteiger partial charge on any atom is 0.191 e. The molecule has 3 rings (SSSR count). The zero-order chi connectivity index (χ0) is 21.6. The number of aromatic nitrogens is 2. The average molecular weight is 413 g/mol. The lowest BCUT2D eigenvalue weighted by molar-refractivity contribution is 0.0428. The van der Waals surface area contributed by atoms with Crippen LogP contribution >= 0.6 is 0 Å². The van der Waals surface area contributed by atoms with E-state index in [1.165, 1.54) is 12.1 Å². The molecule has 0 spiro atoms. The lowest BCUT2D eigenvalue weighted by Crippen LogP contribution is -2.39. The molecule has 0 saturated carbocycles. The SMILES string of the molecule is CCNC(=NCC(C)(O)c1ccc(C)o1)NCCc1ccn(-c2ccc(F)cc2)n1. The molecule has 0 bridgehead atoms. The monoisotopic (exact) mass is 413 g/mol. The largest absolute Gasteiger partial charge is 0.463 e. The molecule has 1 aromatic carbocycles. The van der Waals surface area contributed by atoms with Crippen LogP contribution in [0.25, 0.3) is 5.69 Å². The van der Waals surface area contributed by atoms with E-state index in [2.05, 4.69) is 20.7 Å². The Labute approximate surface area is 175 Å². The molecule has 0 fully saturated rings. The maximum atomic E-state index is 13.1. The van der Waals surface area contributed by atoms with Gasteiger partial charge in [-0.2, -0.15) is 5.10 Å². The highest BCUT2D eigenvalue weighted by Crippen LogP contribution is 2.23. The summed E-state index contributed by atoms with van der Waals surface area (Å²) in [5, 5.41) is 21.6. The van der Waals surface area contributed by atoms with Crippen LogP contribution in [0.5, 0.6) is 0 Å². The highest BCUT2D eigenvalue weighted by atomic mass is 19.1. The van der Waals surface area contributed by atoms with Crippen LogP contribution in [0.1, 0.15) is 31.1 Å². The van der Waals surface area contributed by atoms with Gasteiger partial charge in [0.2, 0.25) is 0 Å². The van der Waals surface area contributed by atoms with E-state index in [1.807, 2.05) is 32.2 Å². The predicted molar refractivity (Wildman–Crippen MR) is 114 cm³/mol. The van der Waals surface area contributed by atoms with Crippen molar-refractivity contribution in [2.24, 2.45) is 4.99 Å². The molecule has 2 heterocycles. The van der Waals surface area contributed by atoms with Gasteiger partial charge < -0.3 is 20.2 Å². The average Bonchev–Trinajstić information content (AvgIpc) is 3.36. The second-order valence-electron chi connectivity index (χ2n) is 7.28. The third-order valence-corrected chi connectivity index (χ3v) is 4.57. The first-order chi connectivity index (χ1) is 14.4. The summed E-state index contributed by atoms with van der Waals surface area (Å²) in [5.41, 5.74) is 0.520. The Kier molecular flexibility index (Phi) is 6.89. The fourth-order valence-electron chi connectivity index (χ4n) is 2.92. The summed E-state index contributed by atoms with van der Waals surface area (Å²) in [6.45, 7) is 6.98. The van der Waals surface area contributed by atoms with Gasteiger partial charge in [-0.05, 0) is 63.2 Å². The van der Waals surface area contributed by atoms with Gasteiger partial charge in [-0.3, -0.25) is 0 Å². The number of aliphatic hydroxyl groups is 1. The summed E-state index contributed by atoms with van der Waals surface area (Å²) < 4.78 is 20.3. The Balaban J connectivity index is 1.56. The lowest BCUT2D eigenvalue weighted by atomic mass is 10.0. The van der Waals surface area contributed by atoms with Gasteiger partial charge in [-0.1, -0.05) is 0 Å². The molecule has 0 radical (unpaired) electrons. The quantitative estimate of drug-likeness (QED) is 0.390. The van der Waals surface area contributed by atoms with Crippen LogP contribution in [0, 0.1) is 12.7 Å². The van der Waals surface area contributed by atoms with E-state index >= 15 is 0 Å². The van der Waals surface area contributed by atoms with Crippen molar-refractivity contribution in [1.29, 1.82) is 0 Å². The van der Waals surface area contributed by atoms with Crippen molar-refractivity contribution >= 4 is 5.96 Å². The van der Waals surface area contributed by atoms with Crippen molar-refractivity contribution in [3.05, 3.63) is 71.7 Å². The first kappa shape index (κ1) is 21.6. The first-order valence-corrected chi connectivity index (χ1v) is 9.99. The molecule has 160 valence electrons. The van der Waals surface area contributed by atoms with E-state index < -0.39 is 5.60 Å². The third kappa shape index (κ3) is 5.70. The molecule has 0 aliphatic heterocycles. The van der Waals surface area contributed by atoms with Crippen LogP contribution in [0.2, 0.25) is 0 Å². The topological polar surface area (TPSA) is 87.6 Å². The molecule has 8 heteroatoms. The van der Waals surface area contributed by atoms with E-state index in [4.69, 9.17) is 4.42 Å². The summed E-state index contributed by atoms with van der Waals surface area (Å²) in [5.74, 6) is 1.58. The summed E-state index contributed by atoms with van der Waals surface area (Å²) >= 11 is 0. The van der Waals surface area contributed by atoms with E-state index in [0.717, 1.165) is 17.1 Å². The summed E-state index contributed by atoms with van der Waals surface area (Å²) in [4.78, 5) is 4.49. The molecule has 3 N–H and O–H groups in total. The molecule has 1 atom stereocenters. The minimum absolute atomic E-state index is 0.161. The van der Waals surface area contributed by atoms with E-state index in [9.17, 15) is 9.50 Å². The minimum atomic E-state index is -1.19. The van der Waals surface area contributed by atoms with Gasteiger partial charge in [-0.25, -0.2) is 14.1 Å². The first-order valence-electron chi connectivity index (χ1n) is 9.99. The van der Waals surface area contributed by atoms with Crippen LogP contribution in [0.4, 0.5) is 4.39 Å². The zero-order valence-corrected chi connectivity index (χ0v) is 17.5. The Morgan fingerprint density at radius 2 is 1.97 bits per heavy atom. The van der Waals surface area contributed by atoms with E-state index in [1.54, 1.807) is 29.8 Å². The Bertz CT molecular complexity index is 976. The number of rotatable bonds is 8. The molecule has 0 amide bonds. The van der Waals surface area contributed by atoms with Gasteiger partial charge in [0.1, 0.15) is 22.9 Å². The Morgan fingerprint density at radius 3 is 2.63 bits per heavy atom. The normalized spacial score (nSPS) is 13.8. The number of halogens is 1. The summed E-state index contributed by atoms with van der Waals surface area (Å²) in [6, 6.07) is 11.7. The predicted octanol–water partition coefficient (Wildman–Crippen LogP) is 2.92. The van der Waals surface area contributed by atoms with Crippen LogP contribution < -0.4 is 10.6 Å². The number of nitrogens with one attached hydrogen (secondary N) is 2.